The van der Waals surface area contributed by atoms with E-state index < -0.39 is 0 Å². The van der Waals surface area contributed by atoms with Crippen molar-refractivity contribution in [2.24, 2.45) is 5.41 Å². The van der Waals surface area contributed by atoms with Gasteiger partial charge < -0.3 is 0 Å². The molecule has 0 bridgehead atoms. The molecule has 0 amide bonds. The molecule has 0 aliphatic heterocycles. The molecule has 4 aliphatic rings. The lowest BCUT2D eigenvalue weighted by molar-refractivity contribution is 0.544. The van der Waals surface area contributed by atoms with Crippen molar-refractivity contribution < 1.29 is 0 Å². The van der Waals surface area contributed by atoms with Crippen molar-refractivity contribution in [3.63, 3.8) is 0 Å². The van der Waals surface area contributed by atoms with E-state index in [0.717, 1.165) is 53.8 Å². The second kappa shape index (κ2) is 12.5. The number of benzene rings is 5. The quantitative estimate of drug-likeness (QED) is 0.177. The average molecular weight is 681 g/mol. The molecule has 0 fully saturated rings. The first kappa shape index (κ1) is 31.5. The number of hydrogen-bond donors (Lipinski definition) is 0. The highest BCUT2D eigenvalue weighted by atomic mass is 15.1. The summed E-state index contributed by atoms with van der Waals surface area (Å²) in [6, 6.07) is 40.3. The molecule has 53 heavy (non-hydrogen) atoms. The van der Waals surface area contributed by atoms with Gasteiger partial charge in [0.1, 0.15) is 5.82 Å². The summed E-state index contributed by atoms with van der Waals surface area (Å²) in [5.41, 5.74) is 14.6. The molecule has 1 aromatic heterocycles. The summed E-state index contributed by atoms with van der Waals surface area (Å²) >= 11 is 0. The van der Waals surface area contributed by atoms with Crippen LogP contribution in [0.4, 0.5) is 0 Å². The van der Waals surface area contributed by atoms with Crippen molar-refractivity contribution in [3.8, 4) is 16.8 Å². The van der Waals surface area contributed by atoms with Crippen LogP contribution >= 0.6 is 0 Å². The Bertz CT molecular complexity index is 2840. The molecule has 2 nitrogen and oxygen atoms in total. The summed E-state index contributed by atoms with van der Waals surface area (Å²) in [6.45, 7) is 6.85. The van der Waals surface area contributed by atoms with E-state index >= 15 is 0 Å². The molecule has 0 spiro atoms. The zero-order chi connectivity index (χ0) is 35.5. The Morgan fingerprint density at radius 1 is 0.698 bits per heavy atom. The number of hydrogen-bond acceptors (Lipinski definition) is 1. The van der Waals surface area contributed by atoms with Crippen LogP contribution in [0.1, 0.15) is 44.0 Å². The van der Waals surface area contributed by atoms with Gasteiger partial charge in [-0.25, -0.2) is 4.98 Å². The van der Waals surface area contributed by atoms with Gasteiger partial charge in [0, 0.05) is 16.7 Å². The van der Waals surface area contributed by atoms with E-state index in [9.17, 15) is 0 Å². The monoisotopic (exact) mass is 680 g/mol. The molecule has 0 saturated carbocycles. The lowest BCUT2D eigenvalue weighted by Gasteiger charge is -2.42. The van der Waals surface area contributed by atoms with Gasteiger partial charge >= 0.3 is 0 Å². The highest BCUT2D eigenvalue weighted by Crippen LogP contribution is 2.51. The summed E-state index contributed by atoms with van der Waals surface area (Å²) < 4.78 is 2.31. The van der Waals surface area contributed by atoms with Crippen molar-refractivity contribution in [3.05, 3.63) is 209 Å². The van der Waals surface area contributed by atoms with Crippen LogP contribution in [-0.4, -0.2) is 9.55 Å². The minimum absolute atomic E-state index is 0.191. The lowest BCUT2D eigenvalue weighted by Crippen LogP contribution is -2.43. The SMILES string of the molecule is C=C1C=CC=C(C2=c3cc(-c4ccc(-n5c(C6=CCCC=C6)nc6ccccc65)cc4)ccc3=C(c3ccc4ccccc4c3)C3=CC=CCC32C)C1. The Morgan fingerprint density at radius 2 is 1.51 bits per heavy atom. The summed E-state index contributed by atoms with van der Waals surface area (Å²) in [4.78, 5) is 5.10. The van der Waals surface area contributed by atoms with Crippen LogP contribution in [-0.2, 0) is 0 Å². The second-order valence-corrected chi connectivity index (χ2v) is 14.9. The molecular weight excluding hydrogens is 641 g/mol. The van der Waals surface area contributed by atoms with Gasteiger partial charge in [0.15, 0.2) is 0 Å². The van der Waals surface area contributed by atoms with Gasteiger partial charge in [-0.15, -0.1) is 0 Å². The van der Waals surface area contributed by atoms with Gasteiger partial charge in [0.05, 0.1) is 11.0 Å². The van der Waals surface area contributed by atoms with E-state index in [-0.39, 0.29) is 5.41 Å². The largest absolute Gasteiger partial charge is 0.292 e. The highest BCUT2D eigenvalue weighted by molar-refractivity contribution is 5.95. The maximum absolute atomic E-state index is 5.10. The third kappa shape index (κ3) is 5.20. The van der Waals surface area contributed by atoms with Gasteiger partial charge in [-0.1, -0.05) is 147 Å². The van der Waals surface area contributed by atoms with Crippen LogP contribution < -0.4 is 10.4 Å². The number of rotatable bonds is 5. The molecule has 1 unspecified atom stereocenters. The third-order valence-electron chi connectivity index (χ3n) is 11.6. The first-order valence-corrected chi connectivity index (χ1v) is 18.8. The predicted octanol–water partition coefficient (Wildman–Crippen LogP) is 11.3. The van der Waals surface area contributed by atoms with Gasteiger partial charge in [-0.2, -0.15) is 0 Å². The van der Waals surface area contributed by atoms with Crippen LogP contribution in [0.5, 0.6) is 0 Å². The van der Waals surface area contributed by atoms with E-state index in [1.54, 1.807) is 0 Å². The molecule has 6 aromatic rings. The zero-order valence-electron chi connectivity index (χ0n) is 30.0. The van der Waals surface area contributed by atoms with E-state index in [2.05, 4.69) is 182 Å². The number of allylic oxidation sites excluding steroid dienone is 13. The topological polar surface area (TPSA) is 17.8 Å². The summed E-state index contributed by atoms with van der Waals surface area (Å²) in [5.74, 6) is 0.995. The van der Waals surface area contributed by atoms with Crippen molar-refractivity contribution in [2.45, 2.75) is 32.6 Å². The Balaban J connectivity index is 1.19. The van der Waals surface area contributed by atoms with Gasteiger partial charge in [0.25, 0.3) is 0 Å². The standard InChI is InChI=1S/C51H40N2/c1-34-13-12-18-41(31-34)49-44-33-39(36-24-27-42(28-25-36)53-47-21-9-8-20-46(47)52-50(53)37-15-4-3-5-16-37)26-29-43(44)48(45-19-10-11-30-51(45,49)2)40-23-22-35-14-6-7-17-38(35)32-40/h4,6-29,32-33H,1,3,5,30-31H2,2H3. The maximum Gasteiger partial charge on any atom is 0.145 e. The first-order valence-electron chi connectivity index (χ1n) is 18.8. The van der Waals surface area contributed by atoms with Gasteiger partial charge in [-0.3, -0.25) is 4.57 Å². The number of aromatic nitrogens is 2. The summed E-state index contributed by atoms with van der Waals surface area (Å²) in [6.07, 6.45) is 24.3. The molecule has 0 saturated heterocycles. The molecular formula is C51H40N2. The molecule has 4 aliphatic carbocycles. The van der Waals surface area contributed by atoms with Crippen LogP contribution in [0, 0.1) is 5.41 Å². The molecule has 254 valence electrons. The molecule has 2 heteroatoms. The van der Waals surface area contributed by atoms with E-state index in [1.807, 2.05) is 0 Å². The fourth-order valence-corrected chi connectivity index (χ4v) is 9.03. The summed E-state index contributed by atoms with van der Waals surface area (Å²) in [7, 11) is 0. The first-order chi connectivity index (χ1) is 26.0. The number of imidazole rings is 1. The van der Waals surface area contributed by atoms with Gasteiger partial charge in [0.2, 0.25) is 0 Å². The maximum atomic E-state index is 5.10. The average Bonchev–Trinajstić information content (AvgIpc) is 3.59. The lowest BCUT2D eigenvalue weighted by atomic mass is 9.61. The molecule has 0 radical (unpaired) electrons. The summed E-state index contributed by atoms with van der Waals surface area (Å²) in [5, 5.41) is 5.14. The minimum Gasteiger partial charge on any atom is -0.292 e. The fraction of sp³-hybridized carbons (Fsp3) is 0.118. The Labute approximate surface area is 310 Å². The number of fused-ring (bicyclic) bond motifs is 4. The predicted molar refractivity (Wildman–Crippen MR) is 223 cm³/mol. The van der Waals surface area contributed by atoms with Crippen LogP contribution in [0.2, 0.25) is 0 Å². The fourth-order valence-electron chi connectivity index (χ4n) is 9.03. The molecule has 5 aromatic carbocycles. The van der Waals surface area contributed by atoms with Crippen molar-refractivity contribution in [2.75, 3.05) is 0 Å². The smallest absolute Gasteiger partial charge is 0.145 e. The molecule has 1 atom stereocenters. The normalized spacial score (nSPS) is 19.3. The van der Waals surface area contributed by atoms with Crippen LogP contribution in [0.15, 0.2) is 187 Å². The van der Waals surface area contributed by atoms with E-state index in [4.69, 9.17) is 4.98 Å². The molecule has 0 N–H and O–H groups in total. The number of nitrogens with zero attached hydrogens (tertiary/aromatic N) is 2. The van der Waals surface area contributed by atoms with E-state index in [0.29, 0.717) is 0 Å². The Hall–Kier alpha value is -6.25. The van der Waals surface area contributed by atoms with E-state index in [1.165, 1.54) is 65.8 Å². The second-order valence-electron chi connectivity index (χ2n) is 14.9. The third-order valence-corrected chi connectivity index (χ3v) is 11.6. The van der Waals surface area contributed by atoms with Crippen molar-refractivity contribution in [1.82, 2.24) is 9.55 Å². The minimum atomic E-state index is -0.191. The zero-order valence-corrected chi connectivity index (χ0v) is 30.0. The Morgan fingerprint density at radius 3 is 2.36 bits per heavy atom. The molecule has 10 rings (SSSR count). The Kier molecular flexibility index (Phi) is 7.40. The number of para-hydroxylation sites is 2. The highest BCUT2D eigenvalue weighted by Gasteiger charge is 2.40. The van der Waals surface area contributed by atoms with Crippen LogP contribution in [0.25, 0.3) is 55.3 Å². The van der Waals surface area contributed by atoms with Crippen LogP contribution in [0.3, 0.4) is 0 Å². The van der Waals surface area contributed by atoms with Gasteiger partial charge in [-0.05, 0) is 122 Å². The molecule has 1 heterocycles. The van der Waals surface area contributed by atoms with Crippen molar-refractivity contribution >= 4 is 38.5 Å². The van der Waals surface area contributed by atoms with Crippen molar-refractivity contribution in [1.29, 1.82) is 0 Å².